The Bertz CT molecular complexity index is 589. The van der Waals surface area contributed by atoms with Crippen LogP contribution < -0.4 is 5.32 Å². The lowest BCUT2D eigenvalue weighted by atomic mass is 10.3. The van der Waals surface area contributed by atoms with Crippen LogP contribution in [0.3, 0.4) is 0 Å². The van der Waals surface area contributed by atoms with Crippen molar-refractivity contribution < 1.29 is 9.18 Å². The third kappa shape index (κ3) is 2.37. The second kappa shape index (κ2) is 4.64. The van der Waals surface area contributed by atoms with E-state index in [2.05, 4.69) is 15.3 Å². The number of anilines is 1. The van der Waals surface area contributed by atoms with Gasteiger partial charge in [0.25, 0.3) is 0 Å². The van der Waals surface area contributed by atoms with E-state index in [1.54, 1.807) is 11.1 Å². The summed E-state index contributed by atoms with van der Waals surface area (Å²) in [6, 6.07) is 5.43. The first-order valence-corrected chi connectivity index (χ1v) is 5.81. The van der Waals surface area contributed by atoms with Gasteiger partial charge in [0.1, 0.15) is 12.1 Å². The van der Waals surface area contributed by atoms with Crippen LogP contribution in [0.5, 0.6) is 0 Å². The number of aromatic nitrogens is 2. The maximum Gasteiger partial charge on any atom is 0.322 e. The molecule has 0 bridgehead atoms. The Morgan fingerprint density at radius 1 is 1.26 bits per heavy atom. The number of hydrogen-bond acceptors (Lipinski definition) is 3. The third-order valence-electron chi connectivity index (χ3n) is 2.97. The highest BCUT2D eigenvalue weighted by molar-refractivity contribution is 5.89. The summed E-state index contributed by atoms with van der Waals surface area (Å²) in [5.74, 6) is -0.332. The van der Waals surface area contributed by atoms with Gasteiger partial charge in [0.15, 0.2) is 0 Å². The summed E-state index contributed by atoms with van der Waals surface area (Å²) in [4.78, 5) is 21.7. The lowest BCUT2D eigenvalue weighted by Gasteiger charge is -2.16. The SMILES string of the molecule is O=C(Nc1ccc(F)cc1)N1Cc2cncnc2C1. The Hall–Kier alpha value is -2.50. The van der Waals surface area contributed by atoms with Gasteiger partial charge in [-0.2, -0.15) is 0 Å². The quantitative estimate of drug-likeness (QED) is 0.852. The molecule has 5 nitrogen and oxygen atoms in total. The van der Waals surface area contributed by atoms with Crippen LogP contribution in [0.4, 0.5) is 14.9 Å². The van der Waals surface area contributed by atoms with Crippen molar-refractivity contribution in [1.29, 1.82) is 0 Å². The van der Waals surface area contributed by atoms with Gasteiger partial charge in [-0.15, -0.1) is 0 Å². The Morgan fingerprint density at radius 3 is 2.79 bits per heavy atom. The van der Waals surface area contributed by atoms with Crippen molar-refractivity contribution in [2.45, 2.75) is 13.1 Å². The molecule has 0 atom stereocenters. The van der Waals surface area contributed by atoms with E-state index in [4.69, 9.17) is 0 Å². The minimum Gasteiger partial charge on any atom is -0.314 e. The lowest BCUT2D eigenvalue weighted by molar-refractivity contribution is 0.212. The van der Waals surface area contributed by atoms with Gasteiger partial charge >= 0.3 is 6.03 Å². The predicted octanol–water partition coefficient (Wildman–Crippen LogP) is 2.16. The van der Waals surface area contributed by atoms with E-state index in [0.717, 1.165) is 11.3 Å². The standard InChI is InChI=1S/C13H11FN4O/c14-10-1-3-11(4-2-10)17-13(19)18-6-9-5-15-8-16-12(9)7-18/h1-5,8H,6-7H2,(H,17,19). The number of carbonyl (C=O) groups is 1. The number of nitrogens with one attached hydrogen (secondary N) is 1. The molecule has 2 aromatic rings. The molecular weight excluding hydrogens is 247 g/mol. The molecule has 6 heteroatoms. The average Bonchev–Trinajstić information content (AvgIpc) is 2.85. The first-order chi connectivity index (χ1) is 9.22. The smallest absolute Gasteiger partial charge is 0.314 e. The minimum absolute atomic E-state index is 0.232. The number of benzene rings is 1. The second-order valence-electron chi connectivity index (χ2n) is 4.29. The summed E-state index contributed by atoms with van der Waals surface area (Å²) in [5.41, 5.74) is 2.38. The topological polar surface area (TPSA) is 58.1 Å². The van der Waals surface area contributed by atoms with Crippen molar-refractivity contribution >= 4 is 11.7 Å². The van der Waals surface area contributed by atoms with Crippen LogP contribution in [0, 0.1) is 5.82 Å². The summed E-state index contributed by atoms with van der Waals surface area (Å²) >= 11 is 0. The largest absolute Gasteiger partial charge is 0.322 e. The number of fused-ring (bicyclic) bond motifs is 1. The molecule has 1 aliphatic rings. The average molecular weight is 258 g/mol. The molecule has 0 unspecified atom stereocenters. The molecular formula is C13H11FN4O. The molecule has 0 saturated heterocycles. The zero-order valence-corrected chi connectivity index (χ0v) is 10.0. The monoisotopic (exact) mass is 258 g/mol. The van der Waals surface area contributed by atoms with E-state index in [9.17, 15) is 9.18 Å². The lowest BCUT2D eigenvalue weighted by Crippen LogP contribution is -2.30. The van der Waals surface area contributed by atoms with E-state index < -0.39 is 0 Å². The molecule has 0 radical (unpaired) electrons. The van der Waals surface area contributed by atoms with E-state index in [1.807, 2.05) is 0 Å². The van der Waals surface area contributed by atoms with E-state index in [-0.39, 0.29) is 11.8 Å². The first-order valence-electron chi connectivity index (χ1n) is 5.81. The highest BCUT2D eigenvalue weighted by Crippen LogP contribution is 2.20. The van der Waals surface area contributed by atoms with Crippen molar-refractivity contribution in [2.75, 3.05) is 5.32 Å². The highest BCUT2D eigenvalue weighted by Gasteiger charge is 2.24. The van der Waals surface area contributed by atoms with Gasteiger partial charge in [-0.1, -0.05) is 0 Å². The number of urea groups is 1. The van der Waals surface area contributed by atoms with Crippen molar-refractivity contribution in [1.82, 2.24) is 14.9 Å². The summed E-state index contributed by atoms with van der Waals surface area (Å²) in [6.07, 6.45) is 3.19. The minimum atomic E-state index is -0.332. The maximum absolute atomic E-state index is 12.8. The van der Waals surface area contributed by atoms with Crippen LogP contribution in [0.2, 0.25) is 0 Å². The summed E-state index contributed by atoms with van der Waals surface area (Å²) in [6.45, 7) is 0.952. The zero-order chi connectivity index (χ0) is 13.2. The molecule has 0 spiro atoms. The van der Waals surface area contributed by atoms with Crippen LogP contribution in [0.25, 0.3) is 0 Å². The molecule has 1 aromatic heterocycles. The molecule has 2 amide bonds. The molecule has 19 heavy (non-hydrogen) atoms. The Balaban J connectivity index is 1.68. The fourth-order valence-electron chi connectivity index (χ4n) is 1.98. The van der Waals surface area contributed by atoms with Crippen LogP contribution in [-0.4, -0.2) is 20.9 Å². The number of carbonyl (C=O) groups excluding carboxylic acids is 1. The van der Waals surface area contributed by atoms with Crippen molar-refractivity contribution in [2.24, 2.45) is 0 Å². The highest BCUT2D eigenvalue weighted by atomic mass is 19.1. The fraction of sp³-hybridized carbons (Fsp3) is 0.154. The second-order valence-corrected chi connectivity index (χ2v) is 4.29. The number of rotatable bonds is 1. The van der Waals surface area contributed by atoms with Crippen molar-refractivity contribution in [3.63, 3.8) is 0 Å². The van der Waals surface area contributed by atoms with Crippen LogP contribution in [-0.2, 0) is 13.1 Å². The Labute approximate surface area is 109 Å². The molecule has 1 aliphatic heterocycles. The van der Waals surface area contributed by atoms with Gasteiger partial charge in [-0.25, -0.2) is 19.2 Å². The summed E-state index contributed by atoms with van der Waals surface area (Å²) in [5, 5.41) is 2.72. The summed E-state index contributed by atoms with van der Waals surface area (Å²) in [7, 11) is 0. The van der Waals surface area contributed by atoms with E-state index in [1.165, 1.54) is 30.6 Å². The molecule has 0 saturated carbocycles. The number of amides is 2. The first kappa shape index (κ1) is 11.6. The van der Waals surface area contributed by atoms with Crippen LogP contribution in [0.15, 0.2) is 36.8 Å². The number of nitrogens with zero attached hydrogens (tertiary/aromatic N) is 3. The maximum atomic E-state index is 12.8. The molecule has 1 aromatic carbocycles. The molecule has 96 valence electrons. The Kier molecular flexibility index (Phi) is 2.83. The van der Waals surface area contributed by atoms with Gasteiger partial charge in [0.05, 0.1) is 18.8 Å². The zero-order valence-electron chi connectivity index (χ0n) is 10.0. The van der Waals surface area contributed by atoms with E-state index in [0.29, 0.717) is 18.8 Å². The van der Waals surface area contributed by atoms with Gasteiger partial charge in [0.2, 0.25) is 0 Å². The van der Waals surface area contributed by atoms with Gasteiger partial charge in [0, 0.05) is 17.4 Å². The normalized spacial score (nSPS) is 13.2. The van der Waals surface area contributed by atoms with Crippen LogP contribution in [0.1, 0.15) is 11.3 Å². The van der Waals surface area contributed by atoms with Gasteiger partial charge < -0.3 is 10.2 Å². The molecule has 3 rings (SSSR count). The third-order valence-corrected chi connectivity index (χ3v) is 2.97. The molecule has 2 heterocycles. The summed E-state index contributed by atoms with van der Waals surface area (Å²) < 4.78 is 12.8. The molecule has 1 N–H and O–H groups in total. The predicted molar refractivity (Wildman–Crippen MR) is 66.7 cm³/mol. The molecule has 0 fully saturated rings. The molecule has 0 aliphatic carbocycles. The van der Waals surface area contributed by atoms with Crippen molar-refractivity contribution in [3.05, 3.63) is 53.9 Å². The Morgan fingerprint density at radius 2 is 2.05 bits per heavy atom. The van der Waals surface area contributed by atoms with Crippen molar-refractivity contribution in [3.8, 4) is 0 Å². The number of halogens is 1. The van der Waals surface area contributed by atoms with Gasteiger partial charge in [-0.3, -0.25) is 0 Å². The van der Waals surface area contributed by atoms with Crippen LogP contribution >= 0.6 is 0 Å². The van der Waals surface area contributed by atoms with Gasteiger partial charge in [-0.05, 0) is 24.3 Å². The fourth-order valence-corrected chi connectivity index (χ4v) is 1.98. The van der Waals surface area contributed by atoms with E-state index >= 15 is 0 Å². The number of hydrogen-bond donors (Lipinski definition) is 1.